The van der Waals surface area contributed by atoms with E-state index in [1.807, 2.05) is 18.2 Å². The average molecular weight is 251 g/mol. The molecule has 4 heteroatoms. The Balaban J connectivity index is 2.11. The van der Waals surface area contributed by atoms with Gasteiger partial charge in [0, 0.05) is 12.7 Å². The first-order chi connectivity index (χ1) is 8.83. The van der Waals surface area contributed by atoms with E-state index in [9.17, 15) is 0 Å². The quantitative estimate of drug-likeness (QED) is 0.866. The summed E-state index contributed by atoms with van der Waals surface area (Å²) >= 11 is 0. The van der Waals surface area contributed by atoms with Gasteiger partial charge in [-0.1, -0.05) is 6.07 Å². The molecule has 1 aliphatic heterocycles. The molecule has 0 spiro atoms. The molecule has 1 aliphatic rings. The molecule has 0 aliphatic carbocycles. The molecule has 1 fully saturated rings. The zero-order valence-electron chi connectivity index (χ0n) is 10.9. The van der Waals surface area contributed by atoms with E-state index in [1.54, 1.807) is 7.11 Å². The van der Waals surface area contributed by atoms with Crippen molar-refractivity contribution >= 4 is 0 Å². The number of rotatable bonds is 5. The van der Waals surface area contributed by atoms with Crippen molar-refractivity contribution in [3.63, 3.8) is 0 Å². The lowest BCUT2D eigenvalue weighted by Gasteiger charge is -2.24. The molecule has 1 saturated heterocycles. The van der Waals surface area contributed by atoms with Crippen LogP contribution in [0.25, 0.3) is 0 Å². The van der Waals surface area contributed by atoms with Gasteiger partial charge in [-0.3, -0.25) is 0 Å². The number of methoxy groups -OCH3 is 1. The number of nitrogens with two attached hydrogens (primary N) is 1. The summed E-state index contributed by atoms with van der Waals surface area (Å²) in [5, 5.41) is 0. The van der Waals surface area contributed by atoms with E-state index < -0.39 is 0 Å². The first kappa shape index (κ1) is 13.2. The standard InChI is InChI=1S/C14H21NO3/c1-16-12-5-4-11(6-7-15)14(9-12)18-13-3-2-8-17-10-13/h4-5,9,13H,2-3,6-8,10,15H2,1H3. The van der Waals surface area contributed by atoms with Crippen molar-refractivity contribution in [2.75, 3.05) is 26.9 Å². The summed E-state index contributed by atoms with van der Waals surface area (Å²) in [7, 11) is 1.66. The van der Waals surface area contributed by atoms with Gasteiger partial charge in [0.2, 0.25) is 0 Å². The maximum Gasteiger partial charge on any atom is 0.126 e. The van der Waals surface area contributed by atoms with E-state index in [4.69, 9.17) is 19.9 Å². The van der Waals surface area contributed by atoms with E-state index in [-0.39, 0.29) is 6.10 Å². The maximum atomic E-state index is 6.02. The summed E-state index contributed by atoms with van der Waals surface area (Å²) < 4.78 is 16.7. The topological polar surface area (TPSA) is 53.7 Å². The predicted molar refractivity (Wildman–Crippen MR) is 70.2 cm³/mol. The minimum atomic E-state index is 0.141. The van der Waals surface area contributed by atoms with Gasteiger partial charge >= 0.3 is 0 Å². The molecule has 0 aromatic heterocycles. The fourth-order valence-corrected chi connectivity index (χ4v) is 2.12. The normalized spacial score (nSPS) is 19.6. The van der Waals surface area contributed by atoms with Crippen LogP contribution < -0.4 is 15.2 Å². The van der Waals surface area contributed by atoms with Crippen molar-refractivity contribution in [3.05, 3.63) is 23.8 Å². The monoisotopic (exact) mass is 251 g/mol. The smallest absolute Gasteiger partial charge is 0.126 e. The van der Waals surface area contributed by atoms with Gasteiger partial charge in [0.15, 0.2) is 0 Å². The fourth-order valence-electron chi connectivity index (χ4n) is 2.12. The van der Waals surface area contributed by atoms with E-state index >= 15 is 0 Å². The maximum absolute atomic E-state index is 6.02. The van der Waals surface area contributed by atoms with Crippen molar-refractivity contribution in [1.29, 1.82) is 0 Å². The van der Waals surface area contributed by atoms with Crippen LogP contribution in [0.4, 0.5) is 0 Å². The Morgan fingerprint density at radius 1 is 1.44 bits per heavy atom. The minimum Gasteiger partial charge on any atom is -0.497 e. The minimum absolute atomic E-state index is 0.141. The molecule has 4 nitrogen and oxygen atoms in total. The van der Waals surface area contributed by atoms with Gasteiger partial charge < -0.3 is 19.9 Å². The van der Waals surface area contributed by atoms with Gasteiger partial charge in [0.05, 0.1) is 13.7 Å². The molecule has 0 saturated carbocycles. The highest BCUT2D eigenvalue weighted by Gasteiger charge is 2.17. The summed E-state index contributed by atoms with van der Waals surface area (Å²) in [5.41, 5.74) is 6.75. The lowest BCUT2D eigenvalue weighted by Crippen LogP contribution is -2.28. The second-order valence-electron chi connectivity index (χ2n) is 4.47. The fraction of sp³-hybridized carbons (Fsp3) is 0.571. The molecule has 0 radical (unpaired) electrons. The van der Waals surface area contributed by atoms with E-state index in [1.165, 1.54) is 0 Å². The summed E-state index contributed by atoms with van der Waals surface area (Å²) in [4.78, 5) is 0. The van der Waals surface area contributed by atoms with Crippen molar-refractivity contribution < 1.29 is 14.2 Å². The van der Waals surface area contributed by atoms with Crippen LogP contribution in [0.3, 0.4) is 0 Å². The predicted octanol–water partition coefficient (Wildman–Crippen LogP) is 1.75. The third-order valence-electron chi connectivity index (χ3n) is 3.10. The lowest BCUT2D eigenvalue weighted by molar-refractivity contribution is 0.00698. The molecular weight excluding hydrogens is 230 g/mol. The van der Waals surface area contributed by atoms with Crippen LogP contribution in [0, 0.1) is 0 Å². The number of hydrogen-bond donors (Lipinski definition) is 1. The van der Waals surface area contributed by atoms with Crippen molar-refractivity contribution in [3.8, 4) is 11.5 Å². The van der Waals surface area contributed by atoms with Gasteiger partial charge in [-0.25, -0.2) is 0 Å². The molecule has 1 atom stereocenters. The Hall–Kier alpha value is -1.26. The third kappa shape index (κ3) is 3.37. The molecule has 1 aromatic rings. The van der Waals surface area contributed by atoms with Crippen LogP contribution in [0.1, 0.15) is 18.4 Å². The second-order valence-corrected chi connectivity index (χ2v) is 4.47. The van der Waals surface area contributed by atoms with Crippen LogP contribution in [-0.4, -0.2) is 33.0 Å². The van der Waals surface area contributed by atoms with E-state index in [0.29, 0.717) is 13.2 Å². The van der Waals surface area contributed by atoms with Crippen molar-refractivity contribution in [2.24, 2.45) is 5.73 Å². The molecule has 0 amide bonds. The first-order valence-corrected chi connectivity index (χ1v) is 6.45. The number of ether oxygens (including phenoxy) is 3. The SMILES string of the molecule is COc1ccc(CCN)c(OC2CCCOC2)c1. The lowest BCUT2D eigenvalue weighted by atomic mass is 10.1. The molecule has 2 rings (SSSR count). The molecule has 1 aromatic carbocycles. The van der Waals surface area contributed by atoms with Gasteiger partial charge in [-0.15, -0.1) is 0 Å². The molecule has 100 valence electrons. The van der Waals surface area contributed by atoms with Crippen LogP contribution in [0.2, 0.25) is 0 Å². The zero-order valence-corrected chi connectivity index (χ0v) is 10.9. The van der Waals surface area contributed by atoms with Gasteiger partial charge in [-0.2, -0.15) is 0 Å². The van der Waals surface area contributed by atoms with Crippen LogP contribution in [0.15, 0.2) is 18.2 Å². The highest BCUT2D eigenvalue weighted by atomic mass is 16.5. The highest BCUT2D eigenvalue weighted by molar-refractivity contribution is 5.41. The first-order valence-electron chi connectivity index (χ1n) is 6.45. The van der Waals surface area contributed by atoms with Gasteiger partial charge in [0.1, 0.15) is 17.6 Å². The van der Waals surface area contributed by atoms with Gasteiger partial charge in [0.25, 0.3) is 0 Å². The molecular formula is C14H21NO3. The van der Waals surface area contributed by atoms with Crippen molar-refractivity contribution in [1.82, 2.24) is 0 Å². The van der Waals surface area contributed by atoms with E-state index in [2.05, 4.69) is 0 Å². The highest BCUT2D eigenvalue weighted by Crippen LogP contribution is 2.27. The number of benzene rings is 1. The largest absolute Gasteiger partial charge is 0.497 e. The Kier molecular flexibility index (Phi) is 4.84. The average Bonchev–Trinajstić information content (AvgIpc) is 2.42. The Labute approximate surface area is 108 Å². The summed E-state index contributed by atoms with van der Waals surface area (Å²) in [6, 6.07) is 5.89. The van der Waals surface area contributed by atoms with Gasteiger partial charge in [-0.05, 0) is 37.4 Å². The molecule has 1 heterocycles. The van der Waals surface area contributed by atoms with Crippen LogP contribution >= 0.6 is 0 Å². The molecule has 18 heavy (non-hydrogen) atoms. The zero-order chi connectivity index (χ0) is 12.8. The molecule has 2 N–H and O–H groups in total. The van der Waals surface area contributed by atoms with Crippen molar-refractivity contribution in [2.45, 2.75) is 25.4 Å². The number of hydrogen-bond acceptors (Lipinski definition) is 4. The van der Waals surface area contributed by atoms with Crippen LogP contribution in [0.5, 0.6) is 11.5 Å². The van der Waals surface area contributed by atoms with E-state index in [0.717, 1.165) is 42.9 Å². The third-order valence-corrected chi connectivity index (χ3v) is 3.10. The Morgan fingerprint density at radius 3 is 3.00 bits per heavy atom. The summed E-state index contributed by atoms with van der Waals surface area (Å²) in [5.74, 6) is 1.68. The Morgan fingerprint density at radius 2 is 2.33 bits per heavy atom. The summed E-state index contributed by atoms with van der Waals surface area (Å²) in [6.07, 6.45) is 3.05. The second kappa shape index (κ2) is 6.61. The molecule has 0 bridgehead atoms. The Bertz CT molecular complexity index is 375. The molecule has 1 unspecified atom stereocenters. The van der Waals surface area contributed by atoms with Crippen LogP contribution in [-0.2, 0) is 11.2 Å². The summed E-state index contributed by atoms with van der Waals surface area (Å²) in [6.45, 7) is 2.12.